The summed E-state index contributed by atoms with van der Waals surface area (Å²) in [5.41, 5.74) is 7.69. The number of nitrogens with zero attached hydrogens (tertiary/aromatic N) is 3. The number of oxime groups is 1. The Morgan fingerprint density at radius 2 is 2.10 bits per heavy atom. The van der Waals surface area contributed by atoms with Gasteiger partial charge in [0.25, 0.3) is 0 Å². The highest BCUT2D eigenvalue weighted by Crippen LogP contribution is 2.31. The Labute approximate surface area is 120 Å². The predicted molar refractivity (Wildman–Crippen MR) is 81.3 cm³/mol. The molecule has 1 fully saturated rings. The molecule has 0 radical (unpaired) electrons. The van der Waals surface area contributed by atoms with Gasteiger partial charge in [-0.3, -0.25) is 0 Å². The number of hydrogen-bond acceptors (Lipinski definition) is 4. The molecule has 0 aliphatic carbocycles. The van der Waals surface area contributed by atoms with Crippen molar-refractivity contribution in [2.45, 2.75) is 40.0 Å². The molecule has 0 aromatic carbocycles. The van der Waals surface area contributed by atoms with Gasteiger partial charge in [0.1, 0.15) is 5.82 Å². The van der Waals surface area contributed by atoms with Crippen molar-refractivity contribution in [3.63, 3.8) is 0 Å². The van der Waals surface area contributed by atoms with Crippen LogP contribution in [-0.2, 0) is 0 Å². The fourth-order valence-corrected chi connectivity index (χ4v) is 2.67. The quantitative estimate of drug-likeness (QED) is 0.377. The molecule has 5 heteroatoms. The van der Waals surface area contributed by atoms with Gasteiger partial charge in [-0.2, -0.15) is 0 Å². The van der Waals surface area contributed by atoms with E-state index in [1.165, 1.54) is 12.8 Å². The van der Waals surface area contributed by atoms with Crippen LogP contribution >= 0.6 is 0 Å². The van der Waals surface area contributed by atoms with Crippen LogP contribution in [0.3, 0.4) is 0 Å². The molecule has 2 rings (SSSR count). The van der Waals surface area contributed by atoms with E-state index in [0.29, 0.717) is 5.41 Å². The van der Waals surface area contributed by atoms with Crippen LogP contribution in [-0.4, -0.2) is 29.1 Å². The third-order valence-corrected chi connectivity index (χ3v) is 4.01. The van der Waals surface area contributed by atoms with E-state index in [-0.39, 0.29) is 5.84 Å². The topological polar surface area (TPSA) is 74.7 Å². The van der Waals surface area contributed by atoms with E-state index in [0.717, 1.165) is 36.6 Å². The Hall–Kier alpha value is -1.78. The van der Waals surface area contributed by atoms with Gasteiger partial charge >= 0.3 is 0 Å². The fourth-order valence-electron chi connectivity index (χ4n) is 2.67. The molecule has 110 valence electrons. The van der Waals surface area contributed by atoms with Gasteiger partial charge < -0.3 is 15.8 Å². The summed E-state index contributed by atoms with van der Waals surface area (Å²) in [7, 11) is 0. The molecular formula is C15H24N4O. The average molecular weight is 276 g/mol. The molecule has 3 N–H and O–H groups in total. The Kier molecular flexibility index (Phi) is 4.16. The van der Waals surface area contributed by atoms with E-state index >= 15 is 0 Å². The summed E-state index contributed by atoms with van der Waals surface area (Å²) in [6, 6.07) is 3.74. The SMILES string of the molecule is Cc1cc(/C(N)=N/O)cc(N2CCCC(C)(C)CC2)n1. The molecule has 20 heavy (non-hydrogen) atoms. The van der Waals surface area contributed by atoms with Crippen LogP contribution in [0.5, 0.6) is 0 Å². The Morgan fingerprint density at radius 3 is 2.80 bits per heavy atom. The number of aromatic nitrogens is 1. The van der Waals surface area contributed by atoms with Gasteiger partial charge in [-0.05, 0) is 43.7 Å². The van der Waals surface area contributed by atoms with Crippen LogP contribution in [0.15, 0.2) is 17.3 Å². The molecule has 1 aliphatic heterocycles. The number of anilines is 1. The van der Waals surface area contributed by atoms with E-state index in [2.05, 4.69) is 28.9 Å². The molecule has 1 aromatic heterocycles. The zero-order valence-corrected chi connectivity index (χ0v) is 12.6. The molecule has 0 amide bonds. The number of hydrogen-bond donors (Lipinski definition) is 2. The molecule has 0 bridgehead atoms. The van der Waals surface area contributed by atoms with Crippen molar-refractivity contribution in [1.29, 1.82) is 0 Å². The lowest BCUT2D eigenvalue weighted by Crippen LogP contribution is -2.27. The monoisotopic (exact) mass is 276 g/mol. The maximum Gasteiger partial charge on any atom is 0.170 e. The molecule has 2 heterocycles. The second-order valence-corrected chi connectivity index (χ2v) is 6.35. The van der Waals surface area contributed by atoms with Gasteiger partial charge in [-0.1, -0.05) is 19.0 Å². The summed E-state index contributed by atoms with van der Waals surface area (Å²) in [4.78, 5) is 6.90. The number of pyridine rings is 1. The van der Waals surface area contributed by atoms with Crippen molar-refractivity contribution < 1.29 is 5.21 Å². The molecule has 1 aromatic rings. The van der Waals surface area contributed by atoms with Crippen LogP contribution in [0.2, 0.25) is 0 Å². The molecule has 1 saturated heterocycles. The van der Waals surface area contributed by atoms with Crippen molar-refractivity contribution in [1.82, 2.24) is 4.98 Å². The Bertz CT molecular complexity index is 511. The highest BCUT2D eigenvalue weighted by atomic mass is 16.4. The average Bonchev–Trinajstić information content (AvgIpc) is 2.58. The maximum absolute atomic E-state index is 8.82. The fraction of sp³-hybridized carbons (Fsp3) is 0.600. The minimum atomic E-state index is 0.131. The lowest BCUT2D eigenvalue weighted by Gasteiger charge is -2.24. The van der Waals surface area contributed by atoms with Crippen LogP contribution in [0, 0.1) is 12.3 Å². The van der Waals surface area contributed by atoms with E-state index < -0.39 is 0 Å². The summed E-state index contributed by atoms with van der Waals surface area (Å²) in [6.07, 6.45) is 3.56. The number of rotatable bonds is 2. The van der Waals surface area contributed by atoms with Crippen molar-refractivity contribution in [3.8, 4) is 0 Å². The largest absolute Gasteiger partial charge is 0.409 e. The van der Waals surface area contributed by atoms with E-state index in [4.69, 9.17) is 10.9 Å². The molecule has 0 atom stereocenters. The van der Waals surface area contributed by atoms with Crippen LogP contribution < -0.4 is 10.6 Å². The van der Waals surface area contributed by atoms with Crippen molar-refractivity contribution in [2.24, 2.45) is 16.3 Å². The summed E-state index contributed by atoms with van der Waals surface area (Å²) >= 11 is 0. The second-order valence-electron chi connectivity index (χ2n) is 6.35. The molecule has 0 spiro atoms. The van der Waals surface area contributed by atoms with Crippen molar-refractivity contribution >= 4 is 11.7 Å². The second kappa shape index (κ2) is 5.69. The summed E-state index contributed by atoms with van der Waals surface area (Å²) in [5, 5.41) is 11.9. The first-order chi connectivity index (χ1) is 9.41. The van der Waals surface area contributed by atoms with Gasteiger partial charge in [-0.15, -0.1) is 0 Å². The van der Waals surface area contributed by atoms with Crippen LogP contribution in [0.1, 0.15) is 44.4 Å². The first-order valence-corrected chi connectivity index (χ1v) is 7.13. The minimum Gasteiger partial charge on any atom is -0.409 e. The van der Waals surface area contributed by atoms with Crippen LogP contribution in [0.4, 0.5) is 5.82 Å². The Morgan fingerprint density at radius 1 is 1.35 bits per heavy atom. The maximum atomic E-state index is 8.82. The standard InChI is InChI=1S/C15H24N4O/c1-11-9-12(14(16)18-20)10-13(17-11)19-7-4-5-15(2,3)6-8-19/h9-10,20H,4-8H2,1-3H3,(H2,16,18). The van der Waals surface area contributed by atoms with E-state index in [1.807, 2.05) is 19.1 Å². The highest BCUT2D eigenvalue weighted by Gasteiger charge is 2.24. The van der Waals surface area contributed by atoms with E-state index in [9.17, 15) is 0 Å². The van der Waals surface area contributed by atoms with Crippen LogP contribution in [0.25, 0.3) is 0 Å². The van der Waals surface area contributed by atoms with Gasteiger partial charge in [0.2, 0.25) is 0 Å². The lowest BCUT2D eigenvalue weighted by molar-refractivity contribution is 0.318. The first kappa shape index (κ1) is 14.6. The lowest BCUT2D eigenvalue weighted by atomic mass is 9.85. The molecule has 0 unspecified atom stereocenters. The molecular weight excluding hydrogens is 252 g/mol. The Balaban J connectivity index is 2.26. The molecule has 1 aliphatic rings. The van der Waals surface area contributed by atoms with Crippen molar-refractivity contribution in [3.05, 3.63) is 23.4 Å². The first-order valence-electron chi connectivity index (χ1n) is 7.13. The predicted octanol–water partition coefficient (Wildman–Crippen LogP) is 2.50. The summed E-state index contributed by atoms with van der Waals surface area (Å²) in [5.74, 6) is 1.05. The van der Waals surface area contributed by atoms with Gasteiger partial charge in [-0.25, -0.2) is 4.98 Å². The van der Waals surface area contributed by atoms with Crippen molar-refractivity contribution in [2.75, 3.05) is 18.0 Å². The normalized spacial score (nSPS) is 19.8. The number of aryl methyl sites for hydroxylation is 1. The zero-order valence-electron chi connectivity index (χ0n) is 12.6. The zero-order chi connectivity index (χ0) is 14.8. The third-order valence-electron chi connectivity index (χ3n) is 4.01. The molecule has 5 nitrogen and oxygen atoms in total. The van der Waals surface area contributed by atoms with Gasteiger partial charge in [0.05, 0.1) is 0 Å². The summed E-state index contributed by atoms with van der Waals surface area (Å²) in [6.45, 7) is 8.58. The summed E-state index contributed by atoms with van der Waals surface area (Å²) < 4.78 is 0. The number of amidine groups is 1. The third kappa shape index (κ3) is 3.40. The minimum absolute atomic E-state index is 0.131. The smallest absolute Gasteiger partial charge is 0.170 e. The number of nitrogens with two attached hydrogens (primary N) is 1. The van der Waals surface area contributed by atoms with Gasteiger partial charge in [0, 0.05) is 24.3 Å². The highest BCUT2D eigenvalue weighted by molar-refractivity contribution is 5.97. The van der Waals surface area contributed by atoms with E-state index in [1.54, 1.807) is 0 Å². The van der Waals surface area contributed by atoms with Gasteiger partial charge in [0.15, 0.2) is 5.84 Å². The molecule has 0 saturated carbocycles.